The van der Waals surface area contributed by atoms with Crippen molar-refractivity contribution in [3.05, 3.63) is 28.5 Å². The number of benzene rings is 1. The van der Waals surface area contributed by atoms with Gasteiger partial charge in [-0.2, -0.15) is 0 Å². The highest BCUT2D eigenvalue weighted by Gasteiger charge is 2.07. The maximum Gasteiger partial charge on any atom is 0.177 e. The average Bonchev–Trinajstić information content (AvgIpc) is 2.43. The Balaban J connectivity index is 2.88. The number of imidazole rings is 1. The van der Waals surface area contributed by atoms with Crippen LogP contribution in [0.4, 0.5) is 0 Å². The summed E-state index contributed by atoms with van der Waals surface area (Å²) in [6.45, 7) is 4.39. The van der Waals surface area contributed by atoms with Gasteiger partial charge in [-0.3, -0.25) is 0 Å². The molecule has 2 aromatic rings. The van der Waals surface area contributed by atoms with Crippen LogP contribution in [0.25, 0.3) is 11.0 Å². The summed E-state index contributed by atoms with van der Waals surface area (Å²) in [6.07, 6.45) is 0. The smallest absolute Gasteiger partial charge is 0.177 e. The molecule has 2 nitrogen and oxygen atoms in total. The number of para-hydroxylation sites is 1. The standard InChI is InChI=1S/C11H14N2S/c1-7(2)8-5-4-6-9-10(8)12-11(14)13(9)3/h4-7H,1-3H3,(H,12,14). The Kier molecular flexibility index (Phi) is 2.19. The number of aryl methyl sites for hydroxylation is 1. The number of H-pyrrole nitrogens is 1. The number of nitrogens with one attached hydrogen (secondary N) is 1. The maximum atomic E-state index is 5.21. The number of fused-ring (bicyclic) bond motifs is 1. The summed E-state index contributed by atoms with van der Waals surface area (Å²) in [4.78, 5) is 3.25. The molecule has 0 atom stereocenters. The van der Waals surface area contributed by atoms with Crippen molar-refractivity contribution in [3.8, 4) is 0 Å². The quantitative estimate of drug-likeness (QED) is 0.709. The molecule has 14 heavy (non-hydrogen) atoms. The van der Waals surface area contributed by atoms with Crippen LogP contribution in [0.5, 0.6) is 0 Å². The van der Waals surface area contributed by atoms with E-state index in [1.165, 1.54) is 16.6 Å². The molecule has 74 valence electrons. The van der Waals surface area contributed by atoms with E-state index in [4.69, 9.17) is 12.2 Å². The molecular weight excluding hydrogens is 192 g/mol. The van der Waals surface area contributed by atoms with E-state index in [2.05, 4.69) is 37.0 Å². The molecule has 0 radical (unpaired) electrons. The zero-order valence-electron chi connectivity index (χ0n) is 8.66. The zero-order valence-corrected chi connectivity index (χ0v) is 9.48. The largest absolute Gasteiger partial charge is 0.330 e. The fraction of sp³-hybridized carbons (Fsp3) is 0.364. The van der Waals surface area contributed by atoms with E-state index in [-0.39, 0.29) is 0 Å². The van der Waals surface area contributed by atoms with Crippen LogP contribution in [-0.2, 0) is 7.05 Å². The number of aromatic amines is 1. The first-order valence-electron chi connectivity index (χ1n) is 4.79. The Bertz CT molecular complexity index is 520. The number of hydrogen-bond acceptors (Lipinski definition) is 1. The van der Waals surface area contributed by atoms with E-state index in [0.717, 1.165) is 4.77 Å². The van der Waals surface area contributed by atoms with E-state index in [9.17, 15) is 0 Å². The normalized spacial score (nSPS) is 11.4. The van der Waals surface area contributed by atoms with Crippen molar-refractivity contribution in [2.75, 3.05) is 0 Å². The van der Waals surface area contributed by atoms with Crippen molar-refractivity contribution in [2.45, 2.75) is 19.8 Å². The van der Waals surface area contributed by atoms with Crippen LogP contribution in [0.1, 0.15) is 25.3 Å². The average molecular weight is 206 g/mol. The van der Waals surface area contributed by atoms with E-state index in [1.54, 1.807) is 0 Å². The predicted molar refractivity (Wildman–Crippen MR) is 62.2 cm³/mol. The van der Waals surface area contributed by atoms with Gasteiger partial charge in [0.15, 0.2) is 4.77 Å². The summed E-state index contributed by atoms with van der Waals surface area (Å²) >= 11 is 5.21. The highest BCUT2D eigenvalue weighted by molar-refractivity contribution is 7.71. The number of rotatable bonds is 1. The Morgan fingerprint density at radius 2 is 2.07 bits per heavy atom. The van der Waals surface area contributed by atoms with Gasteiger partial charge < -0.3 is 9.55 Å². The van der Waals surface area contributed by atoms with Gasteiger partial charge in [0.2, 0.25) is 0 Å². The van der Waals surface area contributed by atoms with Gasteiger partial charge in [0, 0.05) is 7.05 Å². The third-order valence-electron chi connectivity index (χ3n) is 2.59. The predicted octanol–water partition coefficient (Wildman–Crippen LogP) is 3.36. The number of hydrogen-bond donors (Lipinski definition) is 1. The van der Waals surface area contributed by atoms with Crippen molar-refractivity contribution in [3.63, 3.8) is 0 Å². The molecule has 0 saturated carbocycles. The molecule has 2 rings (SSSR count). The molecule has 1 aromatic carbocycles. The second kappa shape index (κ2) is 3.24. The third kappa shape index (κ3) is 1.28. The maximum absolute atomic E-state index is 5.21. The molecule has 0 aliphatic carbocycles. The summed E-state index contributed by atoms with van der Waals surface area (Å²) < 4.78 is 2.80. The molecule has 0 saturated heterocycles. The minimum atomic E-state index is 0.520. The van der Waals surface area contributed by atoms with Crippen molar-refractivity contribution < 1.29 is 0 Å². The SMILES string of the molecule is CC(C)c1cccc2c1[nH]c(=S)n2C. The highest BCUT2D eigenvalue weighted by atomic mass is 32.1. The Morgan fingerprint density at radius 1 is 1.36 bits per heavy atom. The lowest BCUT2D eigenvalue weighted by molar-refractivity contribution is 0.873. The lowest BCUT2D eigenvalue weighted by Gasteiger charge is -2.06. The minimum Gasteiger partial charge on any atom is -0.330 e. The second-order valence-electron chi connectivity index (χ2n) is 3.89. The van der Waals surface area contributed by atoms with Gasteiger partial charge >= 0.3 is 0 Å². The third-order valence-corrected chi connectivity index (χ3v) is 2.97. The van der Waals surface area contributed by atoms with Gasteiger partial charge in [0.05, 0.1) is 11.0 Å². The lowest BCUT2D eigenvalue weighted by Crippen LogP contribution is -1.90. The first-order chi connectivity index (χ1) is 6.61. The van der Waals surface area contributed by atoms with Gasteiger partial charge in [-0.15, -0.1) is 0 Å². The molecule has 0 amide bonds. The van der Waals surface area contributed by atoms with Gasteiger partial charge in [0.1, 0.15) is 0 Å². The van der Waals surface area contributed by atoms with Crippen molar-refractivity contribution in [1.29, 1.82) is 0 Å². The molecule has 1 N–H and O–H groups in total. The minimum absolute atomic E-state index is 0.520. The van der Waals surface area contributed by atoms with Crippen LogP contribution in [0.3, 0.4) is 0 Å². The molecule has 1 heterocycles. The molecule has 0 bridgehead atoms. The van der Waals surface area contributed by atoms with Crippen LogP contribution >= 0.6 is 12.2 Å². The zero-order chi connectivity index (χ0) is 10.3. The molecular formula is C11H14N2S. The van der Waals surface area contributed by atoms with E-state index < -0.39 is 0 Å². The summed E-state index contributed by atoms with van der Waals surface area (Å²) in [5.74, 6) is 0.520. The fourth-order valence-electron chi connectivity index (χ4n) is 1.75. The van der Waals surface area contributed by atoms with Crippen LogP contribution < -0.4 is 0 Å². The molecule has 0 aliphatic rings. The van der Waals surface area contributed by atoms with E-state index >= 15 is 0 Å². The number of nitrogens with zero attached hydrogens (tertiary/aromatic N) is 1. The lowest BCUT2D eigenvalue weighted by atomic mass is 10.0. The van der Waals surface area contributed by atoms with Gasteiger partial charge in [-0.05, 0) is 29.8 Å². The van der Waals surface area contributed by atoms with Crippen LogP contribution in [0.2, 0.25) is 0 Å². The van der Waals surface area contributed by atoms with Crippen LogP contribution in [0.15, 0.2) is 18.2 Å². The number of aromatic nitrogens is 2. The molecule has 1 aromatic heterocycles. The summed E-state index contributed by atoms with van der Waals surface area (Å²) in [5.41, 5.74) is 3.69. The topological polar surface area (TPSA) is 20.7 Å². The second-order valence-corrected chi connectivity index (χ2v) is 4.27. The van der Waals surface area contributed by atoms with Gasteiger partial charge in [-0.1, -0.05) is 26.0 Å². The Hall–Kier alpha value is -1.09. The summed E-state index contributed by atoms with van der Waals surface area (Å²) in [7, 11) is 1.99. The first kappa shape index (κ1) is 9.46. The monoisotopic (exact) mass is 206 g/mol. The Morgan fingerprint density at radius 3 is 2.71 bits per heavy atom. The molecule has 0 spiro atoms. The van der Waals surface area contributed by atoms with Gasteiger partial charge in [-0.25, -0.2) is 0 Å². The summed E-state index contributed by atoms with van der Waals surface area (Å²) in [6, 6.07) is 6.33. The summed E-state index contributed by atoms with van der Waals surface area (Å²) in [5, 5.41) is 0. The van der Waals surface area contributed by atoms with Crippen LogP contribution in [0, 0.1) is 4.77 Å². The van der Waals surface area contributed by atoms with Crippen LogP contribution in [-0.4, -0.2) is 9.55 Å². The highest BCUT2D eigenvalue weighted by Crippen LogP contribution is 2.23. The molecule has 3 heteroatoms. The van der Waals surface area contributed by atoms with Crippen molar-refractivity contribution >= 4 is 23.3 Å². The molecule has 0 unspecified atom stereocenters. The van der Waals surface area contributed by atoms with Crippen molar-refractivity contribution in [1.82, 2.24) is 9.55 Å². The fourth-order valence-corrected chi connectivity index (χ4v) is 1.95. The van der Waals surface area contributed by atoms with E-state index in [0.29, 0.717) is 5.92 Å². The Labute approximate surface area is 88.6 Å². The van der Waals surface area contributed by atoms with Crippen molar-refractivity contribution in [2.24, 2.45) is 7.05 Å². The molecule has 0 fully saturated rings. The molecule has 0 aliphatic heterocycles. The van der Waals surface area contributed by atoms with Gasteiger partial charge in [0.25, 0.3) is 0 Å². The first-order valence-corrected chi connectivity index (χ1v) is 5.19. The van der Waals surface area contributed by atoms with E-state index in [1.807, 2.05) is 11.6 Å².